The van der Waals surface area contributed by atoms with Crippen molar-refractivity contribution >= 4 is 6.03 Å². The fourth-order valence-electron chi connectivity index (χ4n) is 4.22. The largest absolute Gasteiger partial charge is 0.389 e. The number of ether oxygens (including phenoxy) is 1. The van der Waals surface area contributed by atoms with Gasteiger partial charge in [0.05, 0.1) is 5.60 Å². The Labute approximate surface area is 150 Å². The number of likely N-dealkylation sites (tertiary alicyclic amines) is 1. The van der Waals surface area contributed by atoms with Crippen molar-refractivity contribution in [3.63, 3.8) is 0 Å². The zero-order valence-electron chi connectivity index (χ0n) is 15.3. The maximum absolute atomic E-state index is 12.5. The molecular weight excluding hydrogens is 316 g/mol. The third-order valence-corrected chi connectivity index (χ3v) is 6.04. The summed E-state index contributed by atoms with van der Waals surface area (Å²) in [6.07, 6.45) is 2.48. The SMILES string of the molecule is Cc1ccccc1CNC(=O)N1CCC(O)(C2CCOCC2)C(C)C1. The summed E-state index contributed by atoms with van der Waals surface area (Å²) in [5.41, 5.74) is 1.65. The third kappa shape index (κ3) is 3.98. The van der Waals surface area contributed by atoms with Gasteiger partial charge in [0.1, 0.15) is 0 Å². The van der Waals surface area contributed by atoms with Crippen LogP contribution in [0.3, 0.4) is 0 Å². The molecule has 2 aliphatic rings. The molecule has 0 spiro atoms. The highest BCUT2D eigenvalue weighted by molar-refractivity contribution is 5.74. The van der Waals surface area contributed by atoms with Crippen LogP contribution in [0.4, 0.5) is 4.79 Å². The van der Waals surface area contributed by atoms with Gasteiger partial charge < -0.3 is 20.1 Å². The molecule has 2 unspecified atom stereocenters. The number of carbonyl (C=O) groups excluding carboxylic acids is 1. The lowest BCUT2D eigenvalue weighted by atomic mass is 9.70. The van der Waals surface area contributed by atoms with Gasteiger partial charge >= 0.3 is 6.03 Å². The molecule has 2 fully saturated rings. The molecule has 1 aromatic carbocycles. The molecule has 0 aliphatic carbocycles. The smallest absolute Gasteiger partial charge is 0.317 e. The van der Waals surface area contributed by atoms with Gasteiger partial charge in [-0.1, -0.05) is 31.2 Å². The van der Waals surface area contributed by atoms with E-state index in [0.717, 1.165) is 31.6 Å². The lowest BCUT2D eigenvalue weighted by Gasteiger charge is -2.48. The number of rotatable bonds is 3. The van der Waals surface area contributed by atoms with Crippen LogP contribution in [0, 0.1) is 18.8 Å². The summed E-state index contributed by atoms with van der Waals surface area (Å²) in [7, 11) is 0. The topological polar surface area (TPSA) is 61.8 Å². The van der Waals surface area contributed by atoms with Crippen LogP contribution in [-0.2, 0) is 11.3 Å². The van der Waals surface area contributed by atoms with Crippen LogP contribution >= 0.6 is 0 Å². The van der Waals surface area contributed by atoms with Gasteiger partial charge in [-0.15, -0.1) is 0 Å². The molecule has 2 saturated heterocycles. The Hall–Kier alpha value is -1.59. The minimum Gasteiger partial charge on any atom is -0.389 e. The van der Waals surface area contributed by atoms with Gasteiger partial charge in [0, 0.05) is 38.8 Å². The summed E-state index contributed by atoms with van der Waals surface area (Å²) in [6.45, 7) is 7.35. The summed E-state index contributed by atoms with van der Waals surface area (Å²) in [5.74, 6) is 0.363. The van der Waals surface area contributed by atoms with Crippen molar-refractivity contribution in [3.8, 4) is 0 Å². The first-order chi connectivity index (χ1) is 12.0. The zero-order valence-corrected chi connectivity index (χ0v) is 15.3. The van der Waals surface area contributed by atoms with Crippen molar-refractivity contribution in [2.75, 3.05) is 26.3 Å². The number of urea groups is 1. The summed E-state index contributed by atoms with van der Waals surface area (Å²) in [6, 6.07) is 8.05. The zero-order chi connectivity index (χ0) is 17.9. The number of hydrogen-bond acceptors (Lipinski definition) is 3. The molecule has 0 radical (unpaired) electrons. The molecule has 3 rings (SSSR count). The van der Waals surface area contributed by atoms with E-state index in [0.29, 0.717) is 26.1 Å². The van der Waals surface area contributed by atoms with E-state index >= 15 is 0 Å². The molecule has 0 aromatic heterocycles. The van der Waals surface area contributed by atoms with E-state index in [4.69, 9.17) is 4.74 Å². The van der Waals surface area contributed by atoms with E-state index in [1.165, 1.54) is 5.56 Å². The average Bonchev–Trinajstić information content (AvgIpc) is 2.64. The predicted molar refractivity (Wildman–Crippen MR) is 97.3 cm³/mol. The Morgan fingerprint density at radius 3 is 2.76 bits per heavy atom. The fourth-order valence-corrected chi connectivity index (χ4v) is 4.22. The van der Waals surface area contributed by atoms with E-state index in [9.17, 15) is 9.90 Å². The second-order valence-corrected chi connectivity index (χ2v) is 7.56. The molecule has 1 aromatic rings. The van der Waals surface area contributed by atoms with Gasteiger partial charge in [0.15, 0.2) is 0 Å². The summed E-state index contributed by atoms with van der Waals surface area (Å²) >= 11 is 0. The second kappa shape index (κ2) is 7.75. The molecule has 0 bridgehead atoms. The number of aliphatic hydroxyl groups is 1. The molecule has 5 nitrogen and oxygen atoms in total. The standard InChI is InChI=1S/C20H30N2O3/c1-15-5-3-4-6-17(15)13-21-19(23)22-10-9-20(24,16(2)14-22)18-7-11-25-12-8-18/h3-6,16,18,24H,7-14H2,1-2H3,(H,21,23). The number of aryl methyl sites for hydroxylation is 1. The van der Waals surface area contributed by atoms with Crippen molar-refractivity contribution < 1.29 is 14.6 Å². The van der Waals surface area contributed by atoms with Crippen molar-refractivity contribution in [1.82, 2.24) is 10.2 Å². The molecule has 2 atom stereocenters. The van der Waals surface area contributed by atoms with E-state index in [1.807, 2.05) is 23.1 Å². The molecule has 2 amide bonds. The lowest BCUT2D eigenvalue weighted by molar-refractivity contribution is -0.125. The normalized spacial score (nSPS) is 28.0. The maximum Gasteiger partial charge on any atom is 0.317 e. The number of nitrogens with one attached hydrogen (secondary N) is 1. The van der Waals surface area contributed by atoms with Crippen LogP contribution in [0.1, 0.15) is 37.3 Å². The van der Waals surface area contributed by atoms with Crippen LogP contribution in [-0.4, -0.2) is 47.9 Å². The van der Waals surface area contributed by atoms with Crippen LogP contribution in [0.2, 0.25) is 0 Å². The third-order valence-electron chi connectivity index (χ3n) is 6.04. The monoisotopic (exact) mass is 346 g/mol. The highest BCUT2D eigenvalue weighted by atomic mass is 16.5. The number of amides is 2. The fraction of sp³-hybridized carbons (Fsp3) is 0.650. The molecular formula is C20H30N2O3. The predicted octanol–water partition coefficient (Wildman–Crippen LogP) is 2.70. The van der Waals surface area contributed by atoms with Crippen molar-refractivity contribution in [1.29, 1.82) is 0 Å². The first-order valence-corrected chi connectivity index (χ1v) is 9.38. The van der Waals surface area contributed by atoms with E-state index in [1.54, 1.807) is 0 Å². The van der Waals surface area contributed by atoms with Gasteiger partial charge in [-0.05, 0) is 43.2 Å². The van der Waals surface area contributed by atoms with Crippen molar-refractivity contribution in [3.05, 3.63) is 35.4 Å². The van der Waals surface area contributed by atoms with Crippen LogP contribution in [0.15, 0.2) is 24.3 Å². The minimum absolute atomic E-state index is 0.0378. The number of hydrogen-bond donors (Lipinski definition) is 2. The Morgan fingerprint density at radius 2 is 2.08 bits per heavy atom. The molecule has 138 valence electrons. The first-order valence-electron chi connectivity index (χ1n) is 9.38. The summed E-state index contributed by atoms with van der Waals surface area (Å²) < 4.78 is 5.43. The van der Waals surface area contributed by atoms with Gasteiger partial charge in [-0.2, -0.15) is 0 Å². The lowest BCUT2D eigenvalue weighted by Crippen LogP contribution is -2.58. The Morgan fingerprint density at radius 1 is 1.36 bits per heavy atom. The maximum atomic E-state index is 12.5. The number of carbonyl (C=O) groups is 1. The van der Waals surface area contributed by atoms with Gasteiger partial charge in [-0.25, -0.2) is 4.79 Å². The second-order valence-electron chi connectivity index (χ2n) is 7.56. The number of piperidine rings is 1. The van der Waals surface area contributed by atoms with E-state index < -0.39 is 5.60 Å². The average molecular weight is 346 g/mol. The molecule has 2 heterocycles. The Balaban J connectivity index is 1.55. The molecule has 2 N–H and O–H groups in total. The van der Waals surface area contributed by atoms with Crippen LogP contribution < -0.4 is 5.32 Å². The highest BCUT2D eigenvalue weighted by Crippen LogP contribution is 2.39. The summed E-state index contributed by atoms with van der Waals surface area (Å²) in [4.78, 5) is 14.4. The molecule has 25 heavy (non-hydrogen) atoms. The van der Waals surface area contributed by atoms with Crippen LogP contribution in [0.5, 0.6) is 0 Å². The Bertz CT molecular complexity index is 600. The summed E-state index contributed by atoms with van der Waals surface area (Å²) in [5, 5.41) is 14.2. The van der Waals surface area contributed by atoms with Gasteiger partial charge in [-0.3, -0.25) is 0 Å². The molecule has 5 heteroatoms. The molecule has 2 aliphatic heterocycles. The Kier molecular flexibility index (Phi) is 5.64. The van der Waals surface area contributed by atoms with E-state index in [2.05, 4.69) is 25.2 Å². The van der Waals surface area contributed by atoms with Gasteiger partial charge in [0.25, 0.3) is 0 Å². The quantitative estimate of drug-likeness (QED) is 0.885. The van der Waals surface area contributed by atoms with Crippen LogP contribution in [0.25, 0.3) is 0 Å². The highest BCUT2D eigenvalue weighted by Gasteiger charge is 2.45. The number of nitrogens with zero attached hydrogens (tertiary/aromatic N) is 1. The van der Waals surface area contributed by atoms with Crippen molar-refractivity contribution in [2.24, 2.45) is 11.8 Å². The molecule has 0 saturated carbocycles. The number of benzene rings is 1. The van der Waals surface area contributed by atoms with Gasteiger partial charge in [0.2, 0.25) is 0 Å². The minimum atomic E-state index is -0.670. The van der Waals surface area contributed by atoms with Crippen molar-refractivity contribution in [2.45, 2.75) is 45.3 Å². The first kappa shape index (κ1) is 18.2. The van der Waals surface area contributed by atoms with E-state index in [-0.39, 0.29) is 17.9 Å².